The van der Waals surface area contributed by atoms with Gasteiger partial charge in [0, 0.05) is 0 Å². The summed E-state index contributed by atoms with van der Waals surface area (Å²) in [6.07, 6.45) is 14.0. The Kier molecular flexibility index (Phi) is 10.6. The Morgan fingerprint density at radius 3 is 1.86 bits per heavy atom. The third-order valence-corrected chi connectivity index (χ3v) is 2.65. The van der Waals surface area contributed by atoms with Gasteiger partial charge in [-0.3, -0.25) is 0 Å². The van der Waals surface area contributed by atoms with Crippen molar-refractivity contribution < 1.29 is 0 Å². The first-order valence-electron chi connectivity index (χ1n) is 6.30. The fraction of sp³-hybridized carbons (Fsp3) is 0.857. The molecule has 0 heterocycles. The molecule has 0 saturated heterocycles. The van der Waals surface area contributed by atoms with E-state index < -0.39 is 0 Å². The summed E-state index contributed by atoms with van der Waals surface area (Å²) in [5.74, 6) is 0.884. The van der Waals surface area contributed by atoms with E-state index >= 15 is 0 Å². The summed E-state index contributed by atoms with van der Waals surface area (Å²) in [6.45, 7) is 9.93. The zero-order valence-electron chi connectivity index (χ0n) is 10.1. The van der Waals surface area contributed by atoms with Crippen molar-refractivity contribution >= 4 is 0 Å². The lowest BCUT2D eigenvalue weighted by Crippen LogP contribution is -1.87. The van der Waals surface area contributed by atoms with E-state index in [2.05, 4.69) is 13.8 Å². The number of rotatable bonds is 10. The van der Waals surface area contributed by atoms with Crippen molar-refractivity contribution in [1.82, 2.24) is 0 Å². The van der Waals surface area contributed by atoms with E-state index in [1.54, 1.807) is 6.08 Å². The maximum absolute atomic E-state index is 5.31. The molecule has 0 aliphatic carbocycles. The Morgan fingerprint density at radius 1 is 0.857 bits per heavy atom. The first-order chi connectivity index (χ1) is 6.77. The second-order valence-electron chi connectivity index (χ2n) is 4.68. The topological polar surface area (TPSA) is 0 Å². The summed E-state index contributed by atoms with van der Waals surface area (Å²) >= 11 is 0. The zero-order chi connectivity index (χ0) is 10.6. The molecule has 0 amide bonds. The molecule has 0 aromatic rings. The summed E-state index contributed by atoms with van der Waals surface area (Å²) < 4.78 is 0. The minimum atomic E-state index is 0.884. The normalized spacial score (nSPS) is 10.8. The van der Waals surface area contributed by atoms with Crippen LogP contribution in [0.4, 0.5) is 0 Å². The first kappa shape index (κ1) is 13.7. The average molecular weight is 195 g/mol. The molecule has 0 aliphatic heterocycles. The highest BCUT2D eigenvalue weighted by molar-refractivity contribution is 4.61. The Balaban J connectivity index is 2.88. The molecule has 0 aliphatic rings. The molecule has 0 spiro atoms. The van der Waals surface area contributed by atoms with Gasteiger partial charge in [0.25, 0.3) is 0 Å². The standard InChI is InChI=1S/C14H27/c1-4-5-6-7-8-9-10-11-12-13-14(2)3/h1,4,14H,5-13H2,2-3H3. The molecule has 0 aromatic heterocycles. The monoisotopic (exact) mass is 195 g/mol. The van der Waals surface area contributed by atoms with Crippen LogP contribution in [0, 0.1) is 12.5 Å². The van der Waals surface area contributed by atoms with Crippen molar-refractivity contribution in [3.8, 4) is 0 Å². The van der Waals surface area contributed by atoms with E-state index in [0.717, 1.165) is 12.3 Å². The maximum Gasteiger partial charge on any atom is -0.0348 e. The van der Waals surface area contributed by atoms with E-state index in [-0.39, 0.29) is 0 Å². The molecule has 0 bridgehead atoms. The van der Waals surface area contributed by atoms with Gasteiger partial charge >= 0.3 is 0 Å². The molecule has 1 radical (unpaired) electrons. The van der Waals surface area contributed by atoms with Gasteiger partial charge in [-0.2, -0.15) is 0 Å². The Bertz CT molecular complexity index is 113. The molecule has 0 unspecified atom stereocenters. The molecule has 0 fully saturated rings. The van der Waals surface area contributed by atoms with Crippen LogP contribution < -0.4 is 0 Å². The van der Waals surface area contributed by atoms with Crippen LogP contribution in [0.1, 0.15) is 71.6 Å². The van der Waals surface area contributed by atoms with E-state index in [4.69, 9.17) is 6.58 Å². The van der Waals surface area contributed by atoms with Gasteiger partial charge in [0.2, 0.25) is 0 Å². The number of hydrogen-bond donors (Lipinski definition) is 0. The predicted octanol–water partition coefficient (Wildman–Crippen LogP) is 5.14. The molecular weight excluding hydrogens is 168 g/mol. The lowest BCUT2D eigenvalue weighted by Gasteiger charge is -2.04. The van der Waals surface area contributed by atoms with E-state index in [0.29, 0.717) is 0 Å². The van der Waals surface area contributed by atoms with Crippen LogP contribution in [0.3, 0.4) is 0 Å². The van der Waals surface area contributed by atoms with Crippen molar-refractivity contribution in [2.75, 3.05) is 0 Å². The zero-order valence-corrected chi connectivity index (χ0v) is 10.1. The molecule has 0 atom stereocenters. The summed E-state index contributed by atoms with van der Waals surface area (Å²) in [7, 11) is 0. The number of allylic oxidation sites excluding steroid dienone is 1. The third kappa shape index (κ3) is 11.7. The van der Waals surface area contributed by atoms with E-state index in [9.17, 15) is 0 Å². The smallest absolute Gasteiger partial charge is 0.0348 e. The van der Waals surface area contributed by atoms with Crippen LogP contribution in [-0.4, -0.2) is 0 Å². The van der Waals surface area contributed by atoms with Gasteiger partial charge in [-0.05, 0) is 18.8 Å². The highest BCUT2D eigenvalue weighted by Crippen LogP contribution is 2.12. The molecule has 0 rings (SSSR count). The SMILES string of the molecule is [CH]=CCCCCCCCCCC(C)C. The van der Waals surface area contributed by atoms with Gasteiger partial charge in [0.1, 0.15) is 0 Å². The molecule has 14 heavy (non-hydrogen) atoms. The predicted molar refractivity (Wildman–Crippen MR) is 65.3 cm³/mol. The maximum atomic E-state index is 5.31. The van der Waals surface area contributed by atoms with Gasteiger partial charge in [0.15, 0.2) is 0 Å². The minimum absolute atomic E-state index is 0.884. The second kappa shape index (κ2) is 10.8. The van der Waals surface area contributed by atoms with E-state index in [1.165, 1.54) is 51.4 Å². The molecule has 0 N–H and O–H groups in total. The van der Waals surface area contributed by atoms with Gasteiger partial charge in [-0.1, -0.05) is 71.4 Å². The van der Waals surface area contributed by atoms with Gasteiger partial charge in [-0.25, -0.2) is 0 Å². The molecule has 0 nitrogen and oxygen atoms in total. The van der Waals surface area contributed by atoms with Crippen molar-refractivity contribution in [3.05, 3.63) is 12.7 Å². The largest absolute Gasteiger partial charge is 0.0845 e. The number of hydrogen-bond acceptors (Lipinski definition) is 0. The fourth-order valence-corrected chi connectivity index (χ4v) is 1.70. The first-order valence-corrected chi connectivity index (χ1v) is 6.30. The van der Waals surface area contributed by atoms with Crippen molar-refractivity contribution in [3.63, 3.8) is 0 Å². The number of unbranched alkanes of at least 4 members (excludes halogenated alkanes) is 7. The molecule has 0 heteroatoms. The highest BCUT2D eigenvalue weighted by Gasteiger charge is 1.94. The fourth-order valence-electron chi connectivity index (χ4n) is 1.70. The van der Waals surface area contributed by atoms with Gasteiger partial charge < -0.3 is 0 Å². The van der Waals surface area contributed by atoms with Crippen molar-refractivity contribution in [1.29, 1.82) is 0 Å². The summed E-state index contributed by atoms with van der Waals surface area (Å²) in [5.41, 5.74) is 0. The molecule has 83 valence electrons. The van der Waals surface area contributed by atoms with Crippen molar-refractivity contribution in [2.24, 2.45) is 5.92 Å². The Morgan fingerprint density at radius 2 is 1.36 bits per heavy atom. The molecular formula is C14H27. The van der Waals surface area contributed by atoms with Crippen molar-refractivity contribution in [2.45, 2.75) is 71.6 Å². The van der Waals surface area contributed by atoms with Crippen LogP contribution in [-0.2, 0) is 0 Å². The van der Waals surface area contributed by atoms with Crippen LogP contribution >= 0.6 is 0 Å². The third-order valence-electron chi connectivity index (χ3n) is 2.65. The van der Waals surface area contributed by atoms with Crippen LogP contribution in [0.15, 0.2) is 6.08 Å². The highest BCUT2D eigenvalue weighted by atomic mass is 14.0. The van der Waals surface area contributed by atoms with Crippen LogP contribution in [0.2, 0.25) is 0 Å². The summed E-state index contributed by atoms with van der Waals surface area (Å²) in [5, 5.41) is 0. The average Bonchev–Trinajstić information content (AvgIpc) is 2.15. The quantitative estimate of drug-likeness (QED) is 0.423. The second-order valence-corrected chi connectivity index (χ2v) is 4.68. The molecule has 0 aromatic carbocycles. The minimum Gasteiger partial charge on any atom is -0.0845 e. The Hall–Kier alpha value is -0.260. The molecule has 0 saturated carbocycles. The van der Waals surface area contributed by atoms with Crippen LogP contribution in [0.25, 0.3) is 0 Å². The van der Waals surface area contributed by atoms with Gasteiger partial charge in [-0.15, -0.1) is 0 Å². The lowest BCUT2D eigenvalue weighted by atomic mass is 10.0. The van der Waals surface area contributed by atoms with Crippen LogP contribution in [0.5, 0.6) is 0 Å². The Labute approximate surface area is 90.8 Å². The van der Waals surface area contributed by atoms with E-state index in [1.807, 2.05) is 0 Å². The van der Waals surface area contributed by atoms with Gasteiger partial charge in [0.05, 0.1) is 0 Å². The summed E-state index contributed by atoms with van der Waals surface area (Å²) in [4.78, 5) is 0. The summed E-state index contributed by atoms with van der Waals surface area (Å²) in [6, 6.07) is 0. The lowest BCUT2D eigenvalue weighted by molar-refractivity contribution is 0.509.